The summed E-state index contributed by atoms with van der Waals surface area (Å²) in [5, 5.41) is 7.54. The van der Waals surface area contributed by atoms with Gasteiger partial charge in [0.1, 0.15) is 5.75 Å². The molecule has 0 fully saturated rings. The van der Waals surface area contributed by atoms with Crippen LogP contribution in [0.1, 0.15) is 26.3 Å². The van der Waals surface area contributed by atoms with Crippen molar-refractivity contribution in [3.05, 3.63) is 29.8 Å². The quantitative estimate of drug-likeness (QED) is 0.477. The van der Waals surface area contributed by atoms with Crippen molar-refractivity contribution < 1.29 is 4.74 Å². The van der Waals surface area contributed by atoms with E-state index < -0.39 is 0 Å². The second-order valence-electron chi connectivity index (χ2n) is 4.51. The van der Waals surface area contributed by atoms with Crippen LogP contribution in [0.25, 0.3) is 0 Å². The molecule has 2 N–H and O–H groups in total. The molecule has 5 heteroatoms. The zero-order valence-electron chi connectivity index (χ0n) is 11.6. The van der Waals surface area contributed by atoms with E-state index in [1.165, 1.54) is 0 Å². The number of thiocarbonyl (C=S) groups is 1. The molecule has 1 aromatic rings. The molecule has 0 heterocycles. The van der Waals surface area contributed by atoms with Crippen molar-refractivity contribution >= 4 is 23.5 Å². The number of hydrogen-bond donors (Lipinski definition) is 2. The van der Waals surface area contributed by atoms with E-state index in [2.05, 4.69) is 29.7 Å². The molecule has 19 heavy (non-hydrogen) atoms. The summed E-state index contributed by atoms with van der Waals surface area (Å²) in [5.41, 5.74) is 3.72. The van der Waals surface area contributed by atoms with Crippen LogP contribution in [0.15, 0.2) is 29.4 Å². The zero-order valence-corrected chi connectivity index (χ0v) is 12.5. The van der Waals surface area contributed by atoms with Crippen molar-refractivity contribution in [3.8, 4) is 5.75 Å². The van der Waals surface area contributed by atoms with Crippen LogP contribution >= 0.6 is 12.2 Å². The number of nitrogens with one attached hydrogen (secondary N) is 2. The first kappa shape index (κ1) is 15.4. The van der Waals surface area contributed by atoms with Crippen LogP contribution in [-0.4, -0.2) is 24.5 Å². The molecule has 0 atom stereocenters. The van der Waals surface area contributed by atoms with E-state index in [-0.39, 0.29) is 0 Å². The second kappa shape index (κ2) is 8.48. The van der Waals surface area contributed by atoms with Gasteiger partial charge in [-0.1, -0.05) is 26.0 Å². The van der Waals surface area contributed by atoms with Crippen molar-refractivity contribution in [3.63, 3.8) is 0 Å². The lowest BCUT2D eigenvalue weighted by atomic mass is 10.2. The first-order chi connectivity index (χ1) is 9.11. The summed E-state index contributed by atoms with van der Waals surface area (Å²) in [6.07, 6.45) is 1.71. The molecule has 0 amide bonds. The van der Waals surface area contributed by atoms with E-state index in [9.17, 15) is 0 Å². The summed E-state index contributed by atoms with van der Waals surface area (Å²) in [5.74, 6) is 1.36. The SMILES string of the molecule is CCNC(=S)N/N=C/c1cccc(OCC(C)C)c1. The summed E-state index contributed by atoms with van der Waals surface area (Å²) >= 11 is 5.00. The first-order valence-corrected chi connectivity index (χ1v) is 6.82. The third-order valence-corrected chi connectivity index (χ3v) is 2.39. The number of nitrogens with zero attached hydrogens (tertiary/aromatic N) is 1. The van der Waals surface area contributed by atoms with Crippen LogP contribution in [0.4, 0.5) is 0 Å². The van der Waals surface area contributed by atoms with Crippen molar-refractivity contribution in [1.82, 2.24) is 10.7 Å². The van der Waals surface area contributed by atoms with E-state index in [0.717, 1.165) is 17.9 Å². The molecule has 104 valence electrons. The predicted octanol–water partition coefficient (Wildman–Crippen LogP) is 2.54. The van der Waals surface area contributed by atoms with Crippen molar-refractivity contribution in [2.75, 3.05) is 13.2 Å². The Labute approximate surface area is 120 Å². The van der Waals surface area contributed by atoms with Crippen molar-refractivity contribution in [1.29, 1.82) is 0 Å². The fraction of sp³-hybridized carbons (Fsp3) is 0.429. The van der Waals surface area contributed by atoms with Gasteiger partial charge in [-0.05, 0) is 42.8 Å². The van der Waals surface area contributed by atoms with E-state index >= 15 is 0 Å². The Morgan fingerprint density at radius 1 is 1.47 bits per heavy atom. The van der Waals surface area contributed by atoms with Gasteiger partial charge in [-0.25, -0.2) is 0 Å². The van der Waals surface area contributed by atoms with Gasteiger partial charge in [0.05, 0.1) is 12.8 Å². The third-order valence-electron chi connectivity index (χ3n) is 2.16. The van der Waals surface area contributed by atoms with Crippen molar-refractivity contribution in [2.24, 2.45) is 11.0 Å². The van der Waals surface area contributed by atoms with Crippen LogP contribution in [0.3, 0.4) is 0 Å². The third kappa shape index (κ3) is 6.76. The summed E-state index contributed by atoms with van der Waals surface area (Å²) < 4.78 is 5.65. The fourth-order valence-electron chi connectivity index (χ4n) is 1.31. The maximum Gasteiger partial charge on any atom is 0.186 e. The highest BCUT2D eigenvalue weighted by atomic mass is 32.1. The smallest absolute Gasteiger partial charge is 0.186 e. The number of hydrogen-bond acceptors (Lipinski definition) is 3. The van der Waals surface area contributed by atoms with E-state index in [0.29, 0.717) is 17.6 Å². The Morgan fingerprint density at radius 3 is 2.95 bits per heavy atom. The lowest BCUT2D eigenvalue weighted by molar-refractivity contribution is 0.271. The van der Waals surface area contributed by atoms with Gasteiger partial charge < -0.3 is 10.1 Å². The number of hydrazone groups is 1. The van der Waals surface area contributed by atoms with E-state index in [1.807, 2.05) is 31.2 Å². The number of rotatable bonds is 6. The Kier molecular flexibility index (Phi) is 6.89. The topological polar surface area (TPSA) is 45.7 Å². The molecule has 0 bridgehead atoms. The lowest BCUT2D eigenvalue weighted by Gasteiger charge is -2.08. The first-order valence-electron chi connectivity index (χ1n) is 6.41. The molecule has 0 aliphatic carbocycles. The number of benzene rings is 1. The minimum Gasteiger partial charge on any atom is -0.493 e. The molecular formula is C14H21N3OS. The second-order valence-corrected chi connectivity index (χ2v) is 4.92. The minimum absolute atomic E-state index is 0.511. The Hall–Kier alpha value is -1.62. The largest absolute Gasteiger partial charge is 0.493 e. The Balaban J connectivity index is 2.51. The molecule has 0 radical (unpaired) electrons. The normalized spacial score (nSPS) is 10.7. The maximum atomic E-state index is 5.65. The van der Waals surface area contributed by atoms with Gasteiger partial charge in [-0.15, -0.1) is 0 Å². The molecule has 1 aromatic carbocycles. The maximum absolute atomic E-state index is 5.65. The van der Waals surface area contributed by atoms with Gasteiger partial charge in [0, 0.05) is 6.54 Å². The summed E-state index contributed by atoms with van der Waals surface area (Å²) in [6, 6.07) is 7.80. The molecule has 4 nitrogen and oxygen atoms in total. The highest BCUT2D eigenvalue weighted by molar-refractivity contribution is 7.80. The molecule has 0 saturated carbocycles. The highest BCUT2D eigenvalue weighted by Gasteiger charge is 1.98. The minimum atomic E-state index is 0.511. The average molecular weight is 279 g/mol. The molecule has 0 saturated heterocycles. The van der Waals surface area contributed by atoms with Crippen LogP contribution < -0.4 is 15.5 Å². The van der Waals surface area contributed by atoms with Crippen LogP contribution in [0, 0.1) is 5.92 Å². The number of ether oxygens (including phenoxy) is 1. The van der Waals surface area contributed by atoms with Gasteiger partial charge in [-0.3, -0.25) is 5.43 Å². The van der Waals surface area contributed by atoms with Gasteiger partial charge >= 0.3 is 0 Å². The van der Waals surface area contributed by atoms with Crippen LogP contribution in [0.5, 0.6) is 5.75 Å². The average Bonchev–Trinajstić information content (AvgIpc) is 2.37. The Bertz CT molecular complexity index is 432. The molecule has 0 spiro atoms. The molecule has 0 aliphatic rings. The zero-order chi connectivity index (χ0) is 14.1. The van der Waals surface area contributed by atoms with Crippen molar-refractivity contribution in [2.45, 2.75) is 20.8 Å². The van der Waals surface area contributed by atoms with Gasteiger partial charge in [0.25, 0.3) is 0 Å². The molecule has 0 aliphatic heterocycles. The molecule has 0 unspecified atom stereocenters. The monoisotopic (exact) mass is 279 g/mol. The predicted molar refractivity (Wildman–Crippen MR) is 83.8 cm³/mol. The summed E-state index contributed by atoms with van der Waals surface area (Å²) in [7, 11) is 0. The lowest BCUT2D eigenvalue weighted by Crippen LogP contribution is -2.31. The standard InChI is InChI=1S/C14H21N3OS/c1-4-15-14(19)17-16-9-12-6-5-7-13(8-12)18-10-11(2)3/h5-9,11H,4,10H2,1-3H3,(H2,15,17,19)/b16-9+. The van der Waals surface area contributed by atoms with E-state index in [1.54, 1.807) is 6.21 Å². The van der Waals surface area contributed by atoms with Gasteiger partial charge in [0.2, 0.25) is 0 Å². The Morgan fingerprint density at radius 2 is 2.26 bits per heavy atom. The molecule has 1 rings (SSSR count). The summed E-state index contributed by atoms with van der Waals surface area (Å²) in [4.78, 5) is 0. The van der Waals surface area contributed by atoms with E-state index in [4.69, 9.17) is 17.0 Å². The fourth-order valence-corrected chi connectivity index (χ4v) is 1.51. The van der Waals surface area contributed by atoms with Gasteiger partial charge in [-0.2, -0.15) is 5.10 Å². The molecule has 0 aromatic heterocycles. The highest BCUT2D eigenvalue weighted by Crippen LogP contribution is 2.13. The van der Waals surface area contributed by atoms with Crippen LogP contribution in [0.2, 0.25) is 0 Å². The summed E-state index contributed by atoms with van der Waals surface area (Å²) in [6.45, 7) is 7.71. The van der Waals surface area contributed by atoms with Gasteiger partial charge in [0.15, 0.2) is 5.11 Å². The van der Waals surface area contributed by atoms with Crippen LogP contribution in [-0.2, 0) is 0 Å². The molecular weight excluding hydrogens is 258 g/mol.